The number of aliphatic hydroxyl groups is 2. The maximum absolute atomic E-state index is 12.7. The smallest absolute Gasteiger partial charge is 0.386 e. The fourth-order valence-electron chi connectivity index (χ4n) is 7.07. The first-order valence-corrected chi connectivity index (χ1v) is 28.0. The number of nitrogen functional groups attached to an aromatic ring is 1. The number of nitrogens with one attached hydrogen (secondary N) is 2. The maximum Gasteiger partial charge on any atom is 0.481 e. The number of imidazole rings is 1. The fraction of sp³-hybridized carbons (Fsp3) is 0.795. The van der Waals surface area contributed by atoms with E-state index < -0.39 is 84.6 Å². The number of hydrogen-bond donors (Lipinski definition) is 9. The number of phosphoric ester groups is 3. The molecule has 1 aliphatic rings. The topological polar surface area (TPSA) is 364 Å². The van der Waals surface area contributed by atoms with Crippen LogP contribution in [-0.4, -0.2) is 123 Å². The van der Waals surface area contributed by atoms with Gasteiger partial charge < -0.3 is 50.9 Å². The Morgan fingerprint density at radius 2 is 1.52 bits per heavy atom. The average Bonchev–Trinajstić information content (AvgIpc) is 3.80. The van der Waals surface area contributed by atoms with Crippen molar-refractivity contribution in [3.8, 4) is 0 Å². The zero-order valence-corrected chi connectivity index (χ0v) is 42.1. The van der Waals surface area contributed by atoms with E-state index in [9.17, 15) is 57.9 Å². The molecular formula is C39H70N7O17P3S. The Hall–Kier alpha value is -2.44. The number of carbonyl (C=O) groups is 3. The largest absolute Gasteiger partial charge is 0.481 e. The van der Waals surface area contributed by atoms with Crippen LogP contribution in [0.15, 0.2) is 12.7 Å². The molecule has 1 saturated heterocycles. The van der Waals surface area contributed by atoms with Crippen LogP contribution in [0, 0.1) is 11.3 Å². The Morgan fingerprint density at radius 3 is 2.15 bits per heavy atom. The molecule has 0 spiro atoms. The lowest BCUT2D eigenvalue weighted by Gasteiger charge is -2.30. The lowest BCUT2D eigenvalue weighted by Crippen LogP contribution is -2.46. The van der Waals surface area contributed by atoms with Crippen molar-refractivity contribution in [3.63, 3.8) is 0 Å². The van der Waals surface area contributed by atoms with Crippen LogP contribution in [0.1, 0.15) is 130 Å². The van der Waals surface area contributed by atoms with Gasteiger partial charge in [0.25, 0.3) is 0 Å². The van der Waals surface area contributed by atoms with E-state index in [1.165, 1.54) is 84.5 Å². The summed E-state index contributed by atoms with van der Waals surface area (Å²) in [5.41, 5.74) is 4.29. The summed E-state index contributed by atoms with van der Waals surface area (Å²) in [4.78, 5) is 88.6. The Bertz CT molecular complexity index is 2010. The van der Waals surface area contributed by atoms with Gasteiger partial charge in [0.05, 0.1) is 19.5 Å². The van der Waals surface area contributed by atoms with E-state index in [2.05, 4.69) is 48.3 Å². The number of phosphoric acid groups is 3. The van der Waals surface area contributed by atoms with Gasteiger partial charge >= 0.3 is 23.5 Å². The summed E-state index contributed by atoms with van der Waals surface area (Å²) in [5, 5.41) is 26.7. The van der Waals surface area contributed by atoms with Gasteiger partial charge in [0.1, 0.15) is 36.3 Å². The highest BCUT2D eigenvalue weighted by Crippen LogP contribution is 2.61. The zero-order chi connectivity index (χ0) is 49.8. The minimum absolute atomic E-state index is 0.0337. The monoisotopic (exact) mass is 1030 g/mol. The molecule has 0 aromatic carbocycles. The maximum atomic E-state index is 12.7. The standard InChI is InChI=1S/C39H70N7O17P3S/c1-5-6-7-8-9-10-11-12-13-14-15-16-17-27(2)22-30(48)67-21-20-41-29(47)18-19-42-37(51)34(50)39(3,4)24-60-66(57,58)63-65(55,56)59-23-28-33(62-64(52,53)54)32(49)38(61-28)46-26-45-31-35(40)43-25-44-36(31)46/h25-28,32-34,38,49-50H,5-24H2,1-4H3,(H,41,47)(H,42,51)(H,55,56)(H,57,58)(H2,40,43,44)(H2,52,53,54). The summed E-state index contributed by atoms with van der Waals surface area (Å²) in [5.74, 6) is -0.739. The number of aliphatic hydroxyl groups excluding tert-OH is 2. The number of unbranched alkanes of at least 4 members (excludes halogenated alkanes) is 11. The van der Waals surface area contributed by atoms with Crippen LogP contribution >= 0.6 is 35.2 Å². The molecule has 1 aliphatic heterocycles. The van der Waals surface area contributed by atoms with Gasteiger partial charge in [0.15, 0.2) is 22.8 Å². The van der Waals surface area contributed by atoms with Crippen molar-refractivity contribution in [1.82, 2.24) is 30.2 Å². The highest BCUT2D eigenvalue weighted by atomic mass is 32.2. The number of amides is 2. The minimum atomic E-state index is -5.58. The van der Waals surface area contributed by atoms with Crippen molar-refractivity contribution >= 4 is 69.1 Å². The number of fused-ring (bicyclic) bond motifs is 1. The van der Waals surface area contributed by atoms with Crippen LogP contribution in [0.2, 0.25) is 0 Å². The van der Waals surface area contributed by atoms with E-state index in [1.54, 1.807) is 0 Å². The van der Waals surface area contributed by atoms with Crippen LogP contribution in [0.3, 0.4) is 0 Å². The lowest BCUT2D eigenvalue weighted by molar-refractivity contribution is -0.137. The molecule has 1 fully saturated rings. The van der Waals surface area contributed by atoms with Gasteiger partial charge in [-0.2, -0.15) is 4.31 Å². The molecule has 3 rings (SSSR count). The Labute approximate surface area is 395 Å². The van der Waals surface area contributed by atoms with Gasteiger partial charge in [0, 0.05) is 37.1 Å². The number of rotatable bonds is 34. The minimum Gasteiger partial charge on any atom is -0.386 e. The van der Waals surface area contributed by atoms with Crippen molar-refractivity contribution in [2.45, 2.75) is 155 Å². The van der Waals surface area contributed by atoms with E-state index in [-0.39, 0.29) is 47.5 Å². The van der Waals surface area contributed by atoms with Crippen molar-refractivity contribution in [3.05, 3.63) is 12.7 Å². The number of ether oxygens (including phenoxy) is 1. The molecule has 8 unspecified atom stereocenters. The first-order chi connectivity index (χ1) is 31.4. The lowest BCUT2D eigenvalue weighted by atomic mass is 9.87. The van der Waals surface area contributed by atoms with Crippen molar-refractivity contribution in [1.29, 1.82) is 0 Å². The molecular weight excluding hydrogens is 963 g/mol. The van der Waals surface area contributed by atoms with Crippen LogP contribution < -0.4 is 16.4 Å². The summed E-state index contributed by atoms with van der Waals surface area (Å²) in [6.07, 6.45) is 10.00. The van der Waals surface area contributed by atoms with Gasteiger partial charge in [0.2, 0.25) is 11.8 Å². The summed E-state index contributed by atoms with van der Waals surface area (Å²) >= 11 is 1.16. The van der Waals surface area contributed by atoms with Gasteiger partial charge in [-0.15, -0.1) is 0 Å². The quantitative estimate of drug-likeness (QED) is 0.0336. The SMILES string of the molecule is CCCCCCCCCCCCCCC(C)CC(=O)SCCNC(=O)CCNC(=O)C(O)C(C)(C)COP(=O)(O)OP(=O)(O)OCC1OC(n2cnc3c(N)ncnc32)C(O)C1OP(=O)(O)O. The zero-order valence-electron chi connectivity index (χ0n) is 38.6. The van der Waals surface area contributed by atoms with Gasteiger partial charge in [-0.3, -0.25) is 32.5 Å². The molecule has 2 aromatic rings. The number of anilines is 1. The number of carbonyl (C=O) groups excluding carboxylic acids is 3. The molecule has 10 N–H and O–H groups in total. The molecule has 8 atom stereocenters. The Morgan fingerprint density at radius 1 is 0.910 bits per heavy atom. The third-order valence-corrected chi connectivity index (χ3v) is 14.8. The van der Waals surface area contributed by atoms with Gasteiger partial charge in [-0.1, -0.05) is 123 Å². The molecule has 0 radical (unpaired) electrons. The third-order valence-electron chi connectivity index (χ3n) is 10.8. The molecule has 24 nitrogen and oxygen atoms in total. The number of aromatic nitrogens is 4. The molecule has 0 saturated carbocycles. The summed E-state index contributed by atoms with van der Waals surface area (Å²) in [6, 6.07) is 0. The second-order valence-corrected chi connectivity index (χ2v) is 22.7. The molecule has 3 heterocycles. The second kappa shape index (κ2) is 28.4. The van der Waals surface area contributed by atoms with Crippen LogP contribution in [0.5, 0.6) is 0 Å². The Kier molecular flexibility index (Phi) is 25.0. The first-order valence-electron chi connectivity index (χ1n) is 22.5. The van der Waals surface area contributed by atoms with Gasteiger partial charge in [-0.25, -0.2) is 28.6 Å². The van der Waals surface area contributed by atoms with Crippen molar-refractivity contribution in [2.75, 3.05) is 37.8 Å². The summed E-state index contributed by atoms with van der Waals surface area (Å²) in [7, 11) is -16.4. The van der Waals surface area contributed by atoms with E-state index in [4.69, 9.17) is 19.5 Å². The van der Waals surface area contributed by atoms with E-state index in [0.717, 1.165) is 41.8 Å². The van der Waals surface area contributed by atoms with E-state index in [1.807, 2.05) is 0 Å². The average molecular weight is 1030 g/mol. The molecule has 2 amide bonds. The highest BCUT2D eigenvalue weighted by molar-refractivity contribution is 8.13. The molecule has 28 heteroatoms. The predicted octanol–water partition coefficient (Wildman–Crippen LogP) is 4.78. The molecule has 384 valence electrons. The summed E-state index contributed by atoms with van der Waals surface area (Å²) in [6.45, 7) is 4.89. The van der Waals surface area contributed by atoms with Crippen molar-refractivity contribution in [2.24, 2.45) is 11.3 Å². The number of hydrogen-bond acceptors (Lipinski definition) is 18. The molecule has 0 aliphatic carbocycles. The predicted molar refractivity (Wildman–Crippen MR) is 247 cm³/mol. The van der Waals surface area contributed by atoms with Crippen LogP contribution in [0.25, 0.3) is 11.2 Å². The summed E-state index contributed by atoms with van der Waals surface area (Å²) < 4.78 is 62.5. The normalized spacial score (nSPS) is 20.6. The number of thioether (sulfide) groups is 1. The molecule has 0 bridgehead atoms. The van der Waals surface area contributed by atoms with Gasteiger partial charge in [-0.05, 0) is 5.92 Å². The number of nitrogens with two attached hydrogens (primary N) is 1. The number of nitrogens with zero attached hydrogens (tertiary/aromatic N) is 4. The third kappa shape index (κ3) is 21.6. The second-order valence-electron chi connectivity index (χ2n) is 17.3. The van der Waals surface area contributed by atoms with E-state index >= 15 is 0 Å². The fourth-order valence-corrected chi connectivity index (χ4v) is 10.7. The highest BCUT2D eigenvalue weighted by Gasteiger charge is 2.50. The van der Waals surface area contributed by atoms with Crippen molar-refractivity contribution < 1.29 is 80.5 Å². The van der Waals surface area contributed by atoms with Crippen LogP contribution in [0.4, 0.5) is 5.82 Å². The van der Waals surface area contributed by atoms with Crippen LogP contribution in [-0.2, 0) is 50.7 Å². The molecule has 67 heavy (non-hydrogen) atoms. The Balaban J connectivity index is 1.32. The first kappa shape index (κ1) is 58.9. The van der Waals surface area contributed by atoms with E-state index in [0.29, 0.717) is 12.2 Å². The molecule has 2 aromatic heterocycles.